The van der Waals surface area contributed by atoms with Gasteiger partial charge in [-0.15, -0.1) is 5.10 Å². The summed E-state index contributed by atoms with van der Waals surface area (Å²) in [5, 5.41) is 27.9. The highest BCUT2D eigenvalue weighted by atomic mass is 32.2. The van der Waals surface area contributed by atoms with E-state index in [0.29, 0.717) is 31.2 Å². The molecule has 0 amide bonds. The quantitative estimate of drug-likeness (QED) is 0.409. The van der Waals surface area contributed by atoms with E-state index in [4.69, 9.17) is 5.14 Å². The molecule has 0 radical (unpaired) electrons. The van der Waals surface area contributed by atoms with E-state index in [1.54, 1.807) is 4.90 Å². The average molecular weight is 450 g/mol. The maximum Gasteiger partial charge on any atom is 0.238 e. The third-order valence-corrected chi connectivity index (χ3v) is 5.51. The summed E-state index contributed by atoms with van der Waals surface area (Å²) in [6.07, 6.45) is 0.365. The lowest BCUT2D eigenvalue weighted by molar-refractivity contribution is 0.153. The molecule has 0 spiro atoms. The Morgan fingerprint density at radius 3 is 2.32 bits per heavy atom. The minimum Gasteiger partial charge on any atom is -0.395 e. The molecular formula is C20H24FN5O4S. The van der Waals surface area contributed by atoms with Crippen LogP contribution in [0.3, 0.4) is 0 Å². The fourth-order valence-electron chi connectivity index (χ4n) is 3.13. The first-order valence-electron chi connectivity index (χ1n) is 9.57. The van der Waals surface area contributed by atoms with Crippen molar-refractivity contribution in [2.75, 3.05) is 26.3 Å². The van der Waals surface area contributed by atoms with Gasteiger partial charge in [0, 0.05) is 19.5 Å². The molecule has 0 bridgehead atoms. The average Bonchev–Trinajstić information content (AvgIpc) is 3.10. The van der Waals surface area contributed by atoms with E-state index >= 15 is 0 Å². The van der Waals surface area contributed by atoms with Crippen molar-refractivity contribution in [3.05, 3.63) is 71.6 Å². The van der Waals surface area contributed by atoms with E-state index in [2.05, 4.69) is 10.1 Å². The minimum absolute atomic E-state index is 0.0351. The number of nitrogens with two attached hydrogens (primary N) is 1. The Hall–Kier alpha value is -2.70. The van der Waals surface area contributed by atoms with Crippen molar-refractivity contribution in [3.8, 4) is 5.69 Å². The number of aliphatic hydroxyl groups excluding tert-OH is 2. The molecule has 3 aromatic rings. The number of sulfonamides is 1. The molecule has 11 heteroatoms. The Morgan fingerprint density at radius 1 is 1.06 bits per heavy atom. The highest BCUT2D eigenvalue weighted by Crippen LogP contribution is 2.20. The smallest absolute Gasteiger partial charge is 0.238 e. The lowest BCUT2D eigenvalue weighted by Gasteiger charge is -2.17. The van der Waals surface area contributed by atoms with Crippen LogP contribution in [0.5, 0.6) is 0 Å². The van der Waals surface area contributed by atoms with E-state index in [-0.39, 0.29) is 30.3 Å². The molecule has 166 valence electrons. The van der Waals surface area contributed by atoms with Crippen LogP contribution in [0, 0.1) is 5.82 Å². The maximum absolute atomic E-state index is 14.8. The molecule has 4 N–H and O–H groups in total. The van der Waals surface area contributed by atoms with Crippen LogP contribution in [0.2, 0.25) is 0 Å². The third-order valence-electron chi connectivity index (χ3n) is 4.60. The number of hydrogen-bond acceptors (Lipinski definition) is 7. The summed E-state index contributed by atoms with van der Waals surface area (Å²) in [4.78, 5) is 5.97. The van der Waals surface area contributed by atoms with Crippen molar-refractivity contribution in [1.82, 2.24) is 19.7 Å². The van der Waals surface area contributed by atoms with Gasteiger partial charge in [-0.2, -0.15) is 0 Å². The Morgan fingerprint density at radius 2 is 1.74 bits per heavy atom. The fourth-order valence-corrected chi connectivity index (χ4v) is 3.66. The number of benzene rings is 2. The van der Waals surface area contributed by atoms with Gasteiger partial charge in [-0.1, -0.05) is 30.3 Å². The number of hydrogen-bond donors (Lipinski definition) is 3. The number of aliphatic hydroxyl groups is 2. The molecular weight excluding hydrogens is 425 g/mol. The van der Waals surface area contributed by atoms with E-state index in [9.17, 15) is 23.0 Å². The van der Waals surface area contributed by atoms with Gasteiger partial charge in [0.25, 0.3) is 0 Å². The molecule has 0 saturated heterocycles. The van der Waals surface area contributed by atoms with Gasteiger partial charge in [-0.25, -0.2) is 27.6 Å². The first kappa shape index (κ1) is 23.0. The molecule has 1 heterocycles. The normalized spacial score (nSPS) is 11.9. The second kappa shape index (κ2) is 10.1. The van der Waals surface area contributed by atoms with E-state index < -0.39 is 15.8 Å². The Bertz CT molecular complexity index is 1120. The maximum atomic E-state index is 14.8. The predicted molar refractivity (Wildman–Crippen MR) is 111 cm³/mol. The van der Waals surface area contributed by atoms with E-state index in [1.807, 2.05) is 30.3 Å². The lowest BCUT2D eigenvalue weighted by atomic mass is 10.1. The SMILES string of the molecule is NS(=O)(=O)c1ccc(-n2nc(CN(CCO)CCO)nc2Cc2ccccc2)c(F)c1. The molecule has 31 heavy (non-hydrogen) atoms. The molecule has 9 nitrogen and oxygen atoms in total. The van der Waals surface area contributed by atoms with Gasteiger partial charge < -0.3 is 10.2 Å². The van der Waals surface area contributed by atoms with Gasteiger partial charge in [0.15, 0.2) is 5.82 Å². The van der Waals surface area contributed by atoms with Crippen molar-refractivity contribution < 1.29 is 23.0 Å². The molecule has 0 fully saturated rings. The Kier molecular flexibility index (Phi) is 7.46. The second-order valence-corrected chi connectivity index (χ2v) is 8.46. The Balaban J connectivity index is 2.01. The van der Waals surface area contributed by atoms with E-state index in [1.165, 1.54) is 16.8 Å². The van der Waals surface area contributed by atoms with Gasteiger partial charge in [0.05, 0.1) is 24.7 Å². The van der Waals surface area contributed by atoms with Gasteiger partial charge >= 0.3 is 0 Å². The molecule has 0 atom stereocenters. The van der Waals surface area contributed by atoms with Gasteiger partial charge in [-0.05, 0) is 23.8 Å². The summed E-state index contributed by atoms with van der Waals surface area (Å²) in [5.41, 5.74) is 0.972. The predicted octanol–water partition coefficient (Wildman–Crippen LogP) is 0.431. The van der Waals surface area contributed by atoms with Crippen LogP contribution >= 0.6 is 0 Å². The van der Waals surface area contributed by atoms with Gasteiger partial charge in [-0.3, -0.25) is 4.90 Å². The van der Waals surface area contributed by atoms with Crippen LogP contribution < -0.4 is 5.14 Å². The summed E-state index contributed by atoms with van der Waals surface area (Å²) in [6.45, 7) is 0.691. The standard InChI is InChI=1S/C20H24FN5O4S/c21-17-13-16(31(22,29)30)6-7-18(17)26-20(12-15-4-2-1-3-5-15)23-19(24-26)14-25(8-10-27)9-11-28/h1-7,13,27-28H,8-12,14H2,(H2,22,29,30). The molecule has 0 aliphatic rings. The van der Waals surface area contributed by atoms with E-state index in [0.717, 1.165) is 11.6 Å². The zero-order valence-corrected chi connectivity index (χ0v) is 17.5. The van der Waals surface area contributed by atoms with Crippen LogP contribution in [0.4, 0.5) is 4.39 Å². The highest BCUT2D eigenvalue weighted by molar-refractivity contribution is 7.89. The number of rotatable bonds is 10. The second-order valence-electron chi connectivity index (χ2n) is 6.90. The molecule has 1 aromatic heterocycles. The number of halogens is 1. The highest BCUT2D eigenvalue weighted by Gasteiger charge is 2.19. The van der Waals surface area contributed by atoms with Crippen molar-refractivity contribution in [3.63, 3.8) is 0 Å². The third kappa shape index (κ3) is 5.93. The van der Waals surface area contributed by atoms with Crippen molar-refractivity contribution >= 4 is 10.0 Å². The summed E-state index contributed by atoms with van der Waals surface area (Å²) in [7, 11) is -4.05. The van der Waals surface area contributed by atoms with Crippen LogP contribution in [-0.4, -0.2) is 64.6 Å². The summed E-state index contributed by atoms with van der Waals surface area (Å²) >= 11 is 0. The van der Waals surface area contributed by atoms with Crippen LogP contribution in [0.25, 0.3) is 5.69 Å². The number of aromatic nitrogens is 3. The fraction of sp³-hybridized carbons (Fsp3) is 0.300. The molecule has 0 aliphatic heterocycles. The monoisotopic (exact) mass is 449 g/mol. The minimum atomic E-state index is -4.05. The van der Waals surface area contributed by atoms with Crippen LogP contribution in [-0.2, 0) is 23.0 Å². The topological polar surface area (TPSA) is 135 Å². The van der Waals surface area contributed by atoms with Crippen LogP contribution in [0.1, 0.15) is 17.2 Å². The number of nitrogens with zero attached hydrogens (tertiary/aromatic N) is 4. The lowest BCUT2D eigenvalue weighted by Crippen LogP contribution is -2.29. The zero-order chi connectivity index (χ0) is 22.4. The molecule has 3 rings (SSSR count). The summed E-state index contributed by atoms with van der Waals surface area (Å²) in [5.74, 6) is 0.0269. The van der Waals surface area contributed by atoms with Crippen LogP contribution in [0.15, 0.2) is 53.4 Å². The summed E-state index contributed by atoms with van der Waals surface area (Å²) in [6, 6.07) is 12.8. The Labute approximate surface area is 179 Å². The largest absolute Gasteiger partial charge is 0.395 e. The first-order valence-corrected chi connectivity index (χ1v) is 11.1. The van der Waals surface area contributed by atoms with Crippen molar-refractivity contribution in [1.29, 1.82) is 0 Å². The molecule has 0 unspecified atom stereocenters. The molecule has 2 aromatic carbocycles. The van der Waals surface area contributed by atoms with Gasteiger partial charge in [0.1, 0.15) is 17.3 Å². The first-order chi connectivity index (χ1) is 14.8. The zero-order valence-electron chi connectivity index (χ0n) is 16.7. The number of primary sulfonamides is 1. The van der Waals surface area contributed by atoms with Crippen molar-refractivity contribution in [2.45, 2.75) is 17.9 Å². The molecule has 0 aliphatic carbocycles. The summed E-state index contributed by atoms with van der Waals surface area (Å²) < 4.78 is 39.2. The van der Waals surface area contributed by atoms with Crippen molar-refractivity contribution in [2.24, 2.45) is 5.14 Å². The molecule has 0 saturated carbocycles. The van der Waals surface area contributed by atoms with Gasteiger partial charge in [0.2, 0.25) is 10.0 Å².